The van der Waals surface area contributed by atoms with E-state index in [-0.39, 0.29) is 17.6 Å². The number of piperidine rings is 1. The zero-order valence-corrected chi connectivity index (χ0v) is 16.3. The largest absolute Gasteiger partial charge is 0.462 e. The minimum absolute atomic E-state index is 0.110. The number of carbonyl (C=O) groups is 2. The van der Waals surface area contributed by atoms with Gasteiger partial charge in [-0.2, -0.15) is 0 Å². The number of nitrogens with one attached hydrogen (secondary N) is 1. The summed E-state index contributed by atoms with van der Waals surface area (Å²) in [4.78, 5) is 25.8. The second-order valence-corrected chi connectivity index (χ2v) is 7.68. The van der Waals surface area contributed by atoms with Crippen molar-refractivity contribution in [3.63, 3.8) is 0 Å². The Kier molecular flexibility index (Phi) is 7.71. The molecule has 1 aliphatic rings. The van der Waals surface area contributed by atoms with Crippen LogP contribution in [0.3, 0.4) is 0 Å². The monoisotopic (exact) mass is 380 g/mol. The summed E-state index contributed by atoms with van der Waals surface area (Å²) in [5, 5.41) is 2.82. The number of rotatable bonds is 5. The van der Waals surface area contributed by atoms with Gasteiger partial charge in [0.15, 0.2) is 0 Å². The Labute approximate surface area is 158 Å². The van der Waals surface area contributed by atoms with Gasteiger partial charge in [-0.05, 0) is 49.9 Å². The number of thioether (sulfide) groups is 1. The minimum atomic E-state index is -0.364. The molecule has 1 aromatic rings. The van der Waals surface area contributed by atoms with Crippen LogP contribution in [0.25, 0.3) is 0 Å². The van der Waals surface area contributed by atoms with Crippen molar-refractivity contribution in [2.45, 2.75) is 26.7 Å². The fourth-order valence-corrected chi connectivity index (χ4v) is 3.56. The molecule has 0 aliphatic carbocycles. The van der Waals surface area contributed by atoms with E-state index >= 15 is 0 Å². The second kappa shape index (κ2) is 9.77. The van der Waals surface area contributed by atoms with E-state index < -0.39 is 0 Å². The van der Waals surface area contributed by atoms with E-state index in [4.69, 9.17) is 17.0 Å². The van der Waals surface area contributed by atoms with Crippen LogP contribution in [0.15, 0.2) is 24.3 Å². The van der Waals surface area contributed by atoms with Gasteiger partial charge in [0.25, 0.3) is 0 Å². The van der Waals surface area contributed by atoms with Crippen LogP contribution in [0.1, 0.15) is 37.0 Å². The van der Waals surface area contributed by atoms with Crippen LogP contribution >= 0.6 is 24.0 Å². The molecule has 1 N–H and O–H groups in total. The van der Waals surface area contributed by atoms with Gasteiger partial charge in [-0.3, -0.25) is 4.79 Å². The van der Waals surface area contributed by atoms with Gasteiger partial charge < -0.3 is 15.0 Å². The Hall–Kier alpha value is -1.60. The SMILES string of the molecule is CCOC(=O)c1ccc(NC(=O)CSC(=S)N2CCC(C)CC2)cc1. The maximum Gasteiger partial charge on any atom is 0.338 e. The summed E-state index contributed by atoms with van der Waals surface area (Å²) in [6, 6.07) is 6.67. The maximum absolute atomic E-state index is 12.1. The summed E-state index contributed by atoms with van der Waals surface area (Å²) in [5.74, 6) is 0.563. The summed E-state index contributed by atoms with van der Waals surface area (Å²) in [6.45, 7) is 6.31. The van der Waals surface area contributed by atoms with Crippen LogP contribution in [0.5, 0.6) is 0 Å². The lowest BCUT2D eigenvalue weighted by Gasteiger charge is -2.31. The third-order valence-electron chi connectivity index (χ3n) is 4.05. The van der Waals surface area contributed by atoms with Crippen LogP contribution in [0.4, 0.5) is 5.69 Å². The van der Waals surface area contributed by atoms with Gasteiger partial charge in [-0.1, -0.05) is 30.9 Å². The lowest BCUT2D eigenvalue weighted by atomic mass is 10.00. The molecule has 0 radical (unpaired) electrons. The number of hydrogen-bond donors (Lipinski definition) is 1. The molecule has 0 unspecified atom stereocenters. The van der Waals surface area contributed by atoms with Crippen molar-refractivity contribution < 1.29 is 14.3 Å². The first kappa shape index (κ1) is 19.7. The molecule has 1 heterocycles. The quantitative estimate of drug-likeness (QED) is 0.623. The van der Waals surface area contributed by atoms with E-state index in [2.05, 4.69) is 17.1 Å². The van der Waals surface area contributed by atoms with Gasteiger partial charge in [0.05, 0.1) is 17.9 Å². The van der Waals surface area contributed by atoms with Gasteiger partial charge >= 0.3 is 5.97 Å². The molecular formula is C18H24N2O3S2. The summed E-state index contributed by atoms with van der Waals surface area (Å²) in [6.07, 6.45) is 2.30. The molecule has 1 aliphatic heterocycles. The average Bonchev–Trinajstić information content (AvgIpc) is 2.61. The van der Waals surface area contributed by atoms with Gasteiger partial charge in [0.2, 0.25) is 5.91 Å². The Morgan fingerprint density at radius 3 is 2.52 bits per heavy atom. The van der Waals surface area contributed by atoms with E-state index in [1.54, 1.807) is 31.2 Å². The van der Waals surface area contributed by atoms with Crippen LogP contribution in [0, 0.1) is 5.92 Å². The average molecular weight is 381 g/mol. The first-order valence-corrected chi connectivity index (χ1v) is 9.87. The standard InChI is InChI=1S/C18H24N2O3S2/c1-3-23-17(22)14-4-6-15(7-5-14)19-16(21)12-25-18(24)20-10-8-13(2)9-11-20/h4-7,13H,3,8-12H2,1-2H3,(H,19,21). The van der Waals surface area contributed by atoms with Crippen molar-refractivity contribution in [3.05, 3.63) is 29.8 Å². The van der Waals surface area contributed by atoms with Crippen LogP contribution < -0.4 is 5.32 Å². The molecule has 7 heteroatoms. The number of amides is 1. The number of hydrogen-bond acceptors (Lipinski definition) is 5. The lowest BCUT2D eigenvalue weighted by Crippen LogP contribution is -2.36. The first-order chi connectivity index (χ1) is 12.0. The molecular weight excluding hydrogens is 356 g/mol. The van der Waals surface area contributed by atoms with Crippen LogP contribution in [-0.2, 0) is 9.53 Å². The third-order valence-corrected chi connectivity index (χ3v) is 5.57. The Morgan fingerprint density at radius 2 is 1.92 bits per heavy atom. The number of nitrogens with zero attached hydrogens (tertiary/aromatic N) is 1. The molecule has 0 saturated carbocycles. The summed E-state index contributed by atoms with van der Waals surface area (Å²) in [5.41, 5.74) is 1.12. The van der Waals surface area contributed by atoms with Crippen molar-refractivity contribution in [1.82, 2.24) is 4.90 Å². The van der Waals surface area contributed by atoms with Gasteiger partial charge in [-0.15, -0.1) is 0 Å². The molecule has 1 amide bonds. The Balaban J connectivity index is 1.76. The molecule has 25 heavy (non-hydrogen) atoms. The van der Waals surface area contributed by atoms with Gasteiger partial charge in [0, 0.05) is 18.8 Å². The first-order valence-electron chi connectivity index (χ1n) is 8.48. The fourth-order valence-electron chi connectivity index (χ4n) is 2.51. The minimum Gasteiger partial charge on any atom is -0.462 e. The molecule has 1 aromatic carbocycles. The van der Waals surface area contributed by atoms with Crippen LogP contribution in [0.2, 0.25) is 0 Å². The fraction of sp³-hybridized carbons (Fsp3) is 0.500. The third kappa shape index (κ3) is 6.32. The van der Waals surface area contributed by atoms with E-state index in [0.29, 0.717) is 17.9 Å². The second-order valence-electron chi connectivity index (χ2n) is 6.07. The normalized spacial score (nSPS) is 14.9. The smallest absolute Gasteiger partial charge is 0.338 e. The highest BCUT2D eigenvalue weighted by Crippen LogP contribution is 2.20. The highest BCUT2D eigenvalue weighted by atomic mass is 32.2. The van der Waals surface area contributed by atoms with E-state index in [1.807, 2.05) is 0 Å². The topological polar surface area (TPSA) is 58.6 Å². The molecule has 0 aromatic heterocycles. The predicted octanol–water partition coefficient (Wildman–Crippen LogP) is 3.55. The zero-order valence-electron chi connectivity index (χ0n) is 14.6. The molecule has 0 spiro atoms. The number of carbonyl (C=O) groups excluding carboxylic acids is 2. The van der Waals surface area contributed by atoms with Crippen molar-refractivity contribution >= 4 is 45.9 Å². The van der Waals surface area contributed by atoms with Gasteiger partial charge in [-0.25, -0.2) is 4.79 Å². The summed E-state index contributed by atoms with van der Waals surface area (Å²) in [7, 11) is 0. The van der Waals surface area contributed by atoms with Crippen molar-refractivity contribution in [2.75, 3.05) is 30.8 Å². The molecule has 136 valence electrons. The molecule has 2 rings (SSSR count). The molecule has 1 fully saturated rings. The number of ether oxygens (including phenoxy) is 1. The maximum atomic E-state index is 12.1. The van der Waals surface area contributed by atoms with E-state index in [0.717, 1.165) is 36.2 Å². The lowest BCUT2D eigenvalue weighted by molar-refractivity contribution is -0.113. The number of thiocarbonyl (C=S) groups is 1. The van der Waals surface area contributed by atoms with E-state index in [9.17, 15) is 9.59 Å². The predicted molar refractivity (Wildman–Crippen MR) is 106 cm³/mol. The van der Waals surface area contributed by atoms with E-state index in [1.165, 1.54) is 11.8 Å². The summed E-state index contributed by atoms with van der Waals surface area (Å²) >= 11 is 6.82. The number of esters is 1. The Bertz CT molecular complexity index is 611. The highest BCUT2D eigenvalue weighted by Gasteiger charge is 2.18. The number of likely N-dealkylation sites (tertiary alicyclic amines) is 1. The molecule has 1 saturated heterocycles. The summed E-state index contributed by atoms with van der Waals surface area (Å²) < 4.78 is 5.72. The molecule has 0 atom stereocenters. The van der Waals surface area contributed by atoms with Gasteiger partial charge in [0.1, 0.15) is 4.32 Å². The molecule has 5 nitrogen and oxygen atoms in total. The number of anilines is 1. The molecule has 0 bridgehead atoms. The van der Waals surface area contributed by atoms with Crippen molar-refractivity contribution in [1.29, 1.82) is 0 Å². The number of benzene rings is 1. The van der Waals surface area contributed by atoms with Crippen molar-refractivity contribution in [3.8, 4) is 0 Å². The van der Waals surface area contributed by atoms with Crippen molar-refractivity contribution in [2.24, 2.45) is 5.92 Å². The highest BCUT2D eigenvalue weighted by molar-refractivity contribution is 8.23. The Morgan fingerprint density at radius 1 is 1.28 bits per heavy atom. The van der Waals surface area contributed by atoms with Crippen LogP contribution in [-0.4, -0.2) is 46.5 Å². The zero-order chi connectivity index (χ0) is 18.2.